The lowest BCUT2D eigenvalue weighted by molar-refractivity contribution is -0.133. The van der Waals surface area contributed by atoms with E-state index in [0.29, 0.717) is 24.5 Å². The number of Topliss-reactive ketones (excluding diaryl/α,β-unsaturated/α-hetero) is 1. The number of ether oxygens (including phenoxy) is 1. The fourth-order valence-electron chi connectivity index (χ4n) is 3.62. The summed E-state index contributed by atoms with van der Waals surface area (Å²) in [5.74, 6) is 2.02. The monoisotopic (exact) mass is 370 g/mol. The Morgan fingerprint density at radius 2 is 2.04 bits per heavy atom. The van der Waals surface area contributed by atoms with E-state index in [1.807, 2.05) is 32.0 Å². The average Bonchev–Trinajstić information content (AvgIpc) is 2.98. The number of hydrogen-bond acceptors (Lipinski definition) is 5. The smallest absolute Gasteiger partial charge is 0.244 e. The summed E-state index contributed by atoms with van der Waals surface area (Å²) >= 11 is 0. The fraction of sp³-hybridized carbons (Fsp3) is 0.500. The quantitative estimate of drug-likeness (QED) is 0.755. The van der Waals surface area contributed by atoms with E-state index in [-0.39, 0.29) is 24.2 Å². The molecule has 0 spiro atoms. The van der Waals surface area contributed by atoms with E-state index in [9.17, 15) is 9.59 Å². The van der Waals surface area contributed by atoms with Crippen molar-refractivity contribution >= 4 is 11.7 Å². The number of likely N-dealkylation sites (tertiary alicyclic amines) is 1. The molecule has 1 atom stereocenters. The molecule has 1 aliphatic rings. The standard InChI is InChI=1S/C20H26N4O3/c1-13-10-17(27-4)7-8-18(13)20(26)16-6-5-9-23(11-16)19(25)12-24-15(3)21-14(2)22-24/h7-8,10,16H,5-6,9,11-12H2,1-4H3/t16-/m1/s1. The maximum absolute atomic E-state index is 13.0. The van der Waals surface area contributed by atoms with Crippen LogP contribution in [0.25, 0.3) is 0 Å². The topological polar surface area (TPSA) is 77.3 Å². The molecule has 0 saturated carbocycles. The summed E-state index contributed by atoms with van der Waals surface area (Å²) in [5.41, 5.74) is 1.61. The van der Waals surface area contributed by atoms with Gasteiger partial charge in [0.15, 0.2) is 5.78 Å². The van der Waals surface area contributed by atoms with Crippen LogP contribution >= 0.6 is 0 Å². The zero-order valence-electron chi connectivity index (χ0n) is 16.4. The number of carbonyl (C=O) groups excluding carboxylic acids is 2. The number of aromatic nitrogens is 3. The lowest BCUT2D eigenvalue weighted by Gasteiger charge is -2.32. The summed E-state index contributed by atoms with van der Waals surface area (Å²) in [6.45, 7) is 6.85. The number of methoxy groups -OCH3 is 1. The normalized spacial score (nSPS) is 17.0. The third-order valence-corrected chi connectivity index (χ3v) is 5.09. The minimum absolute atomic E-state index is 0.0213. The summed E-state index contributed by atoms with van der Waals surface area (Å²) in [5, 5.41) is 4.25. The first-order valence-electron chi connectivity index (χ1n) is 9.23. The van der Waals surface area contributed by atoms with Gasteiger partial charge in [0, 0.05) is 24.6 Å². The van der Waals surface area contributed by atoms with Crippen LogP contribution in [0.5, 0.6) is 5.75 Å². The molecule has 1 saturated heterocycles. The molecule has 2 heterocycles. The molecule has 144 valence electrons. The Kier molecular flexibility index (Phi) is 5.58. The van der Waals surface area contributed by atoms with Crippen molar-refractivity contribution in [1.29, 1.82) is 0 Å². The number of aryl methyl sites for hydroxylation is 3. The molecule has 7 nitrogen and oxygen atoms in total. The molecule has 0 bridgehead atoms. The molecule has 7 heteroatoms. The largest absolute Gasteiger partial charge is 0.497 e. The van der Waals surface area contributed by atoms with Gasteiger partial charge in [-0.1, -0.05) is 0 Å². The van der Waals surface area contributed by atoms with E-state index in [4.69, 9.17) is 4.74 Å². The number of rotatable bonds is 5. The van der Waals surface area contributed by atoms with Gasteiger partial charge in [-0.05, 0) is 57.4 Å². The average molecular weight is 370 g/mol. The van der Waals surface area contributed by atoms with Gasteiger partial charge in [-0.15, -0.1) is 0 Å². The maximum Gasteiger partial charge on any atom is 0.244 e. The van der Waals surface area contributed by atoms with Gasteiger partial charge in [-0.3, -0.25) is 9.59 Å². The number of carbonyl (C=O) groups is 2. The molecule has 27 heavy (non-hydrogen) atoms. The molecule has 1 amide bonds. The lowest BCUT2D eigenvalue weighted by atomic mass is 9.88. The van der Waals surface area contributed by atoms with Crippen LogP contribution in [0.15, 0.2) is 18.2 Å². The molecule has 3 rings (SSSR count). The number of amides is 1. The van der Waals surface area contributed by atoms with Crippen molar-refractivity contribution in [3.63, 3.8) is 0 Å². The summed E-state index contributed by atoms with van der Waals surface area (Å²) in [4.78, 5) is 31.7. The minimum atomic E-state index is -0.173. The lowest BCUT2D eigenvalue weighted by Crippen LogP contribution is -2.44. The Hall–Kier alpha value is -2.70. The van der Waals surface area contributed by atoms with Crippen LogP contribution in [0.4, 0.5) is 0 Å². The van der Waals surface area contributed by atoms with E-state index in [0.717, 1.165) is 30.0 Å². The molecule has 0 N–H and O–H groups in total. The molecule has 1 aliphatic heterocycles. The Bertz CT molecular complexity index is 859. The van der Waals surface area contributed by atoms with Crippen molar-refractivity contribution in [2.24, 2.45) is 5.92 Å². The maximum atomic E-state index is 13.0. The number of ketones is 1. The van der Waals surface area contributed by atoms with Gasteiger partial charge in [0.05, 0.1) is 7.11 Å². The van der Waals surface area contributed by atoms with Crippen molar-refractivity contribution in [1.82, 2.24) is 19.7 Å². The van der Waals surface area contributed by atoms with Crippen molar-refractivity contribution in [2.45, 2.75) is 40.2 Å². The van der Waals surface area contributed by atoms with Crippen LogP contribution in [0.2, 0.25) is 0 Å². The van der Waals surface area contributed by atoms with Crippen molar-refractivity contribution < 1.29 is 14.3 Å². The van der Waals surface area contributed by atoms with E-state index >= 15 is 0 Å². The third-order valence-electron chi connectivity index (χ3n) is 5.09. The highest BCUT2D eigenvalue weighted by Gasteiger charge is 2.30. The molecular formula is C20H26N4O3. The van der Waals surface area contributed by atoms with Gasteiger partial charge >= 0.3 is 0 Å². The van der Waals surface area contributed by atoms with Gasteiger partial charge in [-0.25, -0.2) is 9.67 Å². The first kappa shape index (κ1) is 19.1. The summed E-state index contributed by atoms with van der Waals surface area (Å²) in [7, 11) is 1.61. The molecule has 1 aromatic carbocycles. The second kappa shape index (κ2) is 7.90. The SMILES string of the molecule is COc1ccc(C(=O)[C@@H]2CCCN(C(=O)Cn3nc(C)nc3C)C2)c(C)c1. The highest BCUT2D eigenvalue weighted by molar-refractivity contribution is 5.99. The van der Waals surface area contributed by atoms with E-state index in [1.54, 1.807) is 23.6 Å². The van der Waals surface area contributed by atoms with Crippen LogP contribution < -0.4 is 4.74 Å². The first-order valence-corrected chi connectivity index (χ1v) is 9.23. The molecule has 0 radical (unpaired) electrons. The van der Waals surface area contributed by atoms with Crippen LogP contribution in [-0.2, 0) is 11.3 Å². The number of piperidine rings is 1. The zero-order valence-corrected chi connectivity index (χ0v) is 16.4. The Balaban J connectivity index is 1.69. The summed E-state index contributed by atoms with van der Waals surface area (Å²) in [6.07, 6.45) is 1.63. The number of benzene rings is 1. The van der Waals surface area contributed by atoms with E-state index in [2.05, 4.69) is 10.1 Å². The molecule has 1 fully saturated rings. The van der Waals surface area contributed by atoms with Crippen LogP contribution in [-0.4, -0.2) is 51.6 Å². The molecular weight excluding hydrogens is 344 g/mol. The van der Waals surface area contributed by atoms with Gasteiger partial charge in [-0.2, -0.15) is 5.10 Å². The first-order chi connectivity index (χ1) is 12.9. The predicted octanol–water partition coefficient (Wildman–Crippen LogP) is 2.33. The van der Waals surface area contributed by atoms with Gasteiger partial charge in [0.2, 0.25) is 5.91 Å². The van der Waals surface area contributed by atoms with Crippen LogP contribution in [0.3, 0.4) is 0 Å². The van der Waals surface area contributed by atoms with Crippen LogP contribution in [0.1, 0.15) is 40.4 Å². The van der Waals surface area contributed by atoms with E-state index < -0.39 is 0 Å². The third kappa shape index (κ3) is 4.18. The van der Waals surface area contributed by atoms with Crippen molar-refractivity contribution in [2.75, 3.05) is 20.2 Å². The second-order valence-electron chi connectivity index (χ2n) is 7.09. The molecule has 0 unspecified atom stereocenters. The summed E-state index contributed by atoms with van der Waals surface area (Å²) < 4.78 is 6.84. The van der Waals surface area contributed by atoms with Crippen LogP contribution in [0, 0.1) is 26.7 Å². The van der Waals surface area contributed by atoms with E-state index in [1.165, 1.54) is 0 Å². The fourth-order valence-corrected chi connectivity index (χ4v) is 3.62. The minimum Gasteiger partial charge on any atom is -0.497 e. The van der Waals surface area contributed by atoms with Gasteiger partial charge in [0.1, 0.15) is 23.9 Å². The van der Waals surface area contributed by atoms with Crippen molar-refractivity contribution in [3.8, 4) is 5.75 Å². The Morgan fingerprint density at radius 3 is 2.67 bits per heavy atom. The highest BCUT2D eigenvalue weighted by Crippen LogP contribution is 2.25. The number of nitrogens with zero attached hydrogens (tertiary/aromatic N) is 4. The Morgan fingerprint density at radius 1 is 1.26 bits per heavy atom. The van der Waals surface area contributed by atoms with Gasteiger partial charge < -0.3 is 9.64 Å². The molecule has 1 aromatic heterocycles. The van der Waals surface area contributed by atoms with Gasteiger partial charge in [0.25, 0.3) is 0 Å². The second-order valence-corrected chi connectivity index (χ2v) is 7.09. The number of hydrogen-bond donors (Lipinski definition) is 0. The summed E-state index contributed by atoms with van der Waals surface area (Å²) in [6, 6.07) is 5.50. The van der Waals surface area contributed by atoms with Crippen molar-refractivity contribution in [3.05, 3.63) is 41.0 Å². The molecule has 2 aromatic rings. The Labute approximate surface area is 159 Å². The highest BCUT2D eigenvalue weighted by atomic mass is 16.5. The predicted molar refractivity (Wildman–Crippen MR) is 101 cm³/mol. The molecule has 0 aliphatic carbocycles. The zero-order chi connectivity index (χ0) is 19.6.